The van der Waals surface area contributed by atoms with Gasteiger partial charge in [0.05, 0.1) is 17.2 Å². The van der Waals surface area contributed by atoms with Gasteiger partial charge in [0.1, 0.15) is 6.17 Å². The van der Waals surface area contributed by atoms with Gasteiger partial charge >= 0.3 is 0 Å². The Bertz CT molecular complexity index is 1130. The van der Waals surface area contributed by atoms with Crippen molar-refractivity contribution in [2.45, 2.75) is 12.7 Å². The Morgan fingerprint density at radius 1 is 1.03 bits per heavy atom. The van der Waals surface area contributed by atoms with Gasteiger partial charge in [-0.1, -0.05) is 30.3 Å². The van der Waals surface area contributed by atoms with Gasteiger partial charge in [0.15, 0.2) is 11.5 Å². The van der Waals surface area contributed by atoms with Crippen LogP contribution in [-0.2, 0) is 6.54 Å². The van der Waals surface area contributed by atoms with E-state index < -0.39 is 0 Å². The molecule has 0 radical (unpaired) electrons. The number of ether oxygens (including phenoxy) is 2. The van der Waals surface area contributed by atoms with Gasteiger partial charge in [-0.25, -0.2) is 0 Å². The lowest BCUT2D eigenvalue weighted by atomic mass is 10.0. The molecule has 0 saturated carbocycles. The summed E-state index contributed by atoms with van der Waals surface area (Å²) in [7, 11) is 0. The molecule has 2 aliphatic heterocycles. The minimum absolute atomic E-state index is 0.0497. The van der Waals surface area contributed by atoms with Gasteiger partial charge in [-0.3, -0.25) is 4.79 Å². The summed E-state index contributed by atoms with van der Waals surface area (Å²) in [6.07, 6.45) is -0.351. The van der Waals surface area contributed by atoms with Crippen LogP contribution in [-0.4, -0.2) is 17.6 Å². The fourth-order valence-corrected chi connectivity index (χ4v) is 3.69. The number of anilines is 1. The molecule has 0 saturated heterocycles. The fraction of sp³-hybridized carbons (Fsp3) is 0.130. The van der Waals surface area contributed by atoms with E-state index in [1.54, 1.807) is 17.0 Å². The van der Waals surface area contributed by atoms with Crippen molar-refractivity contribution in [3.05, 3.63) is 89.0 Å². The number of benzene rings is 3. The fourth-order valence-electron chi connectivity index (χ4n) is 3.69. The molecular weight excluding hydrogens is 366 g/mol. The Labute approximate surface area is 167 Å². The lowest BCUT2D eigenvalue weighted by Gasteiger charge is -2.38. The van der Waals surface area contributed by atoms with E-state index in [0.29, 0.717) is 29.2 Å². The highest BCUT2D eigenvalue weighted by Gasteiger charge is 2.33. The summed E-state index contributed by atoms with van der Waals surface area (Å²) in [5.41, 5.74) is 3.88. The summed E-state index contributed by atoms with van der Waals surface area (Å²) >= 11 is 0. The first kappa shape index (κ1) is 17.1. The van der Waals surface area contributed by atoms with Crippen molar-refractivity contribution in [3.8, 4) is 17.6 Å². The molecule has 29 heavy (non-hydrogen) atoms. The standard InChI is InChI=1S/C23H17N3O3/c24-12-15-5-8-17(9-6-15)22-25-19-4-2-1-3-18(19)23(27)26(22)13-16-7-10-20-21(11-16)29-14-28-20/h1-11,22,25H,13-14H2/t22-/m1/s1. The van der Waals surface area contributed by atoms with Crippen LogP contribution >= 0.6 is 0 Å². The van der Waals surface area contributed by atoms with Crippen LogP contribution in [0.5, 0.6) is 11.5 Å². The Hall–Kier alpha value is -3.98. The quantitative estimate of drug-likeness (QED) is 0.738. The first-order valence-corrected chi connectivity index (χ1v) is 9.28. The topological polar surface area (TPSA) is 74.6 Å². The highest BCUT2D eigenvalue weighted by Crippen LogP contribution is 2.36. The molecule has 0 fully saturated rings. The van der Waals surface area contributed by atoms with Crippen LogP contribution in [0.2, 0.25) is 0 Å². The Kier molecular flexibility index (Phi) is 4.07. The number of para-hydroxylation sites is 1. The van der Waals surface area contributed by atoms with Crippen molar-refractivity contribution in [2.75, 3.05) is 12.1 Å². The predicted molar refractivity (Wildman–Crippen MR) is 106 cm³/mol. The van der Waals surface area contributed by atoms with Crippen LogP contribution in [0.4, 0.5) is 5.69 Å². The number of nitrogens with zero attached hydrogens (tertiary/aromatic N) is 2. The van der Waals surface area contributed by atoms with Crippen molar-refractivity contribution >= 4 is 11.6 Å². The molecule has 6 nitrogen and oxygen atoms in total. The van der Waals surface area contributed by atoms with E-state index in [9.17, 15) is 4.79 Å². The Balaban J connectivity index is 1.53. The van der Waals surface area contributed by atoms with E-state index >= 15 is 0 Å². The van der Waals surface area contributed by atoms with Crippen molar-refractivity contribution in [2.24, 2.45) is 0 Å². The summed E-state index contributed by atoms with van der Waals surface area (Å²) in [5.74, 6) is 1.35. The van der Waals surface area contributed by atoms with Gasteiger partial charge < -0.3 is 19.7 Å². The van der Waals surface area contributed by atoms with E-state index in [2.05, 4.69) is 11.4 Å². The number of nitriles is 1. The average Bonchev–Trinajstić information content (AvgIpc) is 3.24. The minimum Gasteiger partial charge on any atom is -0.454 e. The van der Waals surface area contributed by atoms with Gasteiger partial charge in [-0.05, 0) is 47.5 Å². The van der Waals surface area contributed by atoms with Crippen LogP contribution in [0, 0.1) is 11.3 Å². The lowest BCUT2D eigenvalue weighted by Crippen LogP contribution is -2.42. The molecule has 5 rings (SSSR count). The van der Waals surface area contributed by atoms with Crippen LogP contribution < -0.4 is 14.8 Å². The second-order valence-electron chi connectivity index (χ2n) is 6.95. The summed E-state index contributed by atoms with van der Waals surface area (Å²) in [6.45, 7) is 0.617. The van der Waals surface area contributed by atoms with Crippen molar-refractivity contribution in [3.63, 3.8) is 0 Å². The summed E-state index contributed by atoms with van der Waals surface area (Å²) in [6, 6.07) is 22.6. The molecule has 1 amide bonds. The number of fused-ring (bicyclic) bond motifs is 2. The highest BCUT2D eigenvalue weighted by molar-refractivity contribution is 6.01. The molecule has 0 spiro atoms. The van der Waals surface area contributed by atoms with E-state index in [4.69, 9.17) is 14.7 Å². The third-order valence-electron chi connectivity index (χ3n) is 5.17. The second kappa shape index (κ2) is 6.88. The molecule has 2 heterocycles. The number of amides is 1. The third kappa shape index (κ3) is 3.03. The summed E-state index contributed by atoms with van der Waals surface area (Å²) in [4.78, 5) is 15.1. The number of hydrogen-bond donors (Lipinski definition) is 1. The predicted octanol–water partition coefficient (Wildman–Crippen LogP) is 4.05. The monoisotopic (exact) mass is 383 g/mol. The van der Waals surface area contributed by atoms with E-state index in [1.165, 1.54) is 0 Å². The van der Waals surface area contributed by atoms with Gasteiger partial charge in [-0.15, -0.1) is 0 Å². The smallest absolute Gasteiger partial charge is 0.258 e. The molecule has 0 unspecified atom stereocenters. The third-order valence-corrected chi connectivity index (χ3v) is 5.17. The first-order valence-electron chi connectivity index (χ1n) is 9.28. The van der Waals surface area contributed by atoms with Crippen molar-refractivity contribution in [1.82, 2.24) is 4.90 Å². The largest absolute Gasteiger partial charge is 0.454 e. The number of carbonyl (C=O) groups is 1. The Morgan fingerprint density at radius 3 is 2.66 bits per heavy atom. The number of rotatable bonds is 3. The SMILES string of the molecule is N#Cc1ccc([C@@H]2Nc3ccccc3C(=O)N2Cc2ccc3c(c2)OCO3)cc1. The van der Waals surface area contributed by atoms with E-state index in [-0.39, 0.29) is 18.9 Å². The molecule has 2 aliphatic rings. The molecule has 3 aromatic rings. The van der Waals surface area contributed by atoms with Crippen molar-refractivity contribution in [1.29, 1.82) is 5.26 Å². The summed E-state index contributed by atoms with van der Waals surface area (Å²) in [5, 5.41) is 12.6. The molecular formula is C23H17N3O3. The maximum absolute atomic E-state index is 13.3. The minimum atomic E-state index is -0.351. The van der Waals surface area contributed by atoms with Crippen LogP contribution in [0.1, 0.15) is 33.2 Å². The van der Waals surface area contributed by atoms with Crippen LogP contribution in [0.25, 0.3) is 0 Å². The van der Waals surface area contributed by atoms with E-state index in [0.717, 1.165) is 16.8 Å². The zero-order valence-electron chi connectivity index (χ0n) is 15.5. The first-order chi connectivity index (χ1) is 14.2. The lowest BCUT2D eigenvalue weighted by molar-refractivity contribution is 0.0666. The van der Waals surface area contributed by atoms with Crippen LogP contribution in [0.3, 0.4) is 0 Å². The maximum Gasteiger partial charge on any atom is 0.258 e. The van der Waals surface area contributed by atoms with Gasteiger partial charge in [0, 0.05) is 12.2 Å². The van der Waals surface area contributed by atoms with Gasteiger partial charge in [-0.2, -0.15) is 5.26 Å². The molecule has 1 atom stereocenters. The maximum atomic E-state index is 13.3. The van der Waals surface area contributed by atoms with Crippen molar-refractivity contribution < 1.29 is 14.3 Å². The van der Waals surface area contributed by atoms with Crippen LogP contribution in [0.15, 0.2) is 66.7 Å². The molecule has 6 heteroatoms. The van der Waals surface area contributed by atoms with E-state index in [1.807, 2.05) is 54.6 Å². The molecule has 0 bridgehead atoms. The zero-order chi connectivity index (χ0) is 19.8. The summed E-state index contributed by atoms with van der Waals surface area (Å²) < 4.78 is 10.9. The number of hydrogen-bond acceptors (Lipinski definition) is 5. The van der Waals surface area contributed by atoms with Gasteiger partial charge in [0.25, 0.3) is 5.91 Å². The molecule has 142 valence electrons. The number of nitrogens with one attached hydrogen (secondary N) is 1. The average molecular weight is 383 g/mol. The Morgan fingerprint density at radius 2 is 1.83 bits per heavy atom. The molecule has 3 aromatic carbocycles. The highest BCUT2D eigenvalue weighted by atomic mass is 16.7. The molecule has 1 N–H and O–H groups in total. The van der Waals surface area contributed by atoms with Gasteiger partial charge in [0.2, 0.25) is 6.79 Å². The molecule has 0 aromatic heterocycles. The molecule has 0 aliphatic carbocycles. The second-order valence-corrected chi connectivity index (χ2v) is 6.95. The normalized spacial score (nSPS) is 16.7. The zero-order valence-corrected chi connectivity index (χ0v) is 15.5. The number of carbonyl (C=O) groups excluding carboxylic acids is 1.